The van der Waals surface area contributed by atoms with Gasteiger partial charge in [-0.25, -0.2) is 9.97 Å². The first-order chi connectivity index (χ1) is 17.5. The zero-order valence-corrected chi connectivity index (χ0v) is 20.6. The number of amides is 1. The van der Waals surface area contributed by atoms with Crippen LogP contribution in [0.2, 0.25) is 0 Å². The van der Waals surface area contributed by atoms with Crippen LogP contribution >= 0.6 is 0 Å². The highest BCUT2D eigenvalue weighted by Gasteiger charge is 2.30. The van der Waals surface area contributed by atoms with E-state index in [-0.39, 0.29) is 16.5 Å². The zero-order valence-electron chi connectivity index (χ0n) is 20.6. The van der Waals surface area contributed by atoms with Crippen molar-refractivity contribution in [1.82, 2.24) is 14.9 Å². The summed E-state index contributed by atoms with van der Waals surface area (Å²) in [7, 11) is 0. The molecule has 0 bridgehead atoms. The molecular formula is C28H31N5O3. The van der Waals surface area contributed by atoms with Gasteiger partial charge in [-0.05, 0) is 25.3 Å². The molecule has 36 heavy (non-hydrogen) atoms. The minimum Gasteiger partial charge on any atom is -0.353 e. The van der Waals surface area contributed by atoms with Gasteiger partial charge in [-0.15, -0.1) is 0 Å². The van der Waals surface area contributed by atoms with Gasteiger partial charge in [-0.1, -0.05) is 55.3 Å². The number of rotatable bonds is 6. The van der Waals surface area contributed by atoms with Gasteiger partial charge in [0.15, 0.2) is 5.82 Å². The second-order valence-corrected chi connectivity index (χ2v) is 9.69. The monoisotopic (exact) mass is 485 g/mol. The third-order valence-corrected chi connectivity index (χ3v) is 7.35. The van der Waals surface area contributed by atoms with Crippen LogP contribution in [-0.2, 0) is 11.2 Å². The Morgan fingerprint density at radius 1 is 0.972 bits per heavy atom. The van der Waals surface area contributed by atoms with E-state index in [2.05, 4.69) is 4.90 Å². The number of carbonyl (C=O) groups is 1. The van der Waals surface area contributed by atoms with Crippen LogP contribution in [0.15, 0.2) is 54.6 Å². The van der Waals surface area contributed by atoms with Crippen molar-refractivity contribution in [2.75, 3.05) is 31.1 Å². The van der Waals surface area contributed by atoms with Crippen LogP contribution in [0.4, 0.5) is 11.5 Å². The molecule has 1 amide bonds. The summed E-state index contributed by atoms with van der Waals surface area (Å²) < 4.78 is 0. The molecule has 5 rings (SSSR count). The van der Waals surface area contributed by atoms with Crippen LogP contribution in [0.3, 0.4) is 0 Å². The highest BCUT2D eigenvalue weighted by Crippen LogP contribution is 2.30. The number of piperazine rings is 1. The molecule has 0 unspecified atom stereocenters. The van der Waals surface area contributed by atoms with Crippen molar-refractivity contribution >= 4 is 17.4 Å². The predicted octanol–water partition coefficient (Wildman–Crippen LogP) is 4.79. The maximum absolute atomic E-state index is 13.0. The summed E-state index contributed by atoms with van der Waals surface area (Å²) in [6, 6.07) is 16.6. The largest absolute Gasteiger partial charge is 0.353 e. The number of carbonyl (C=O) groups excluding carboxylic acids is 1. The number of nitro groups is 1. The van der Waals surface area contributed by atoms with E-state index in [9.17, 15) is 14.9 Å². The Bertz CT molecular complexity index is 1230. The number of aromatic nitrogens is 2. The summed E-state index contributed by atoms with van der Waals surface area (Å²) in [5.74, 6) is 2.06. The first kappa shape index (κ1) is 23.9. The molecular weight excluding hydrogens is 454 g/mol. The van der Waals surface area contributed by atoms with Crippen molar-refractivity contribution in [3.8, 4) is 11.4 Å². The average molecular weight is 486 g/mol. The Balaban J connectivity index is 1.43. The Kier molecular flexibility index (Phi) is 6.93. The molecule has 1 saturated heterocycles. The van der Waals surface area contributed by atoms with Gasteiger partial charge in [0.1, 0.15) is 5.82 Å². The molecule has 1 aliphatic carbocycles. The van der Waals surface area contributed by atoms with Gasteiger partial charge in [0, 0.05) is 67.5 Å². The lowest BCUT2D eigenvalue weighted by atomic mass is 10.0. The van der Waals surface area contributed by atoms with Gasteiger partial charge < -0.3 is 9.80 Å². The summed E-state index contributed by atoms with van der Waals surface area (Å²) in [6.07, 6.45) is 4.93. The molecule has 2 aliphatic rings. The molecule has 1 aromatic heterocycles. The van der Waals surface area contributed by atoms with E-state index in [4.69, 9.17) is 9.97 Å². The summed E-state index contributed by atoms with van der Waals surface area (Å²) in [6.45, 7) is 4.82. The normalized spacial score (nSPS) is 16.4. The number of anilines is 1. The van der Waals surface area contributed by atoms with Crippen LogP contribution in [0.25, 0.3) is 11.4 Å². The molecule has 2 aromatic carbocycles. The van der Waals surface area contributed by atoms with Crippen molar-refractivity contribution in [2.24, 2.45) is 5.92 Å². The Morgan fingerprint density at radius 2 is 1.64 bits per heavy atom. The molecule has 0 N–H and O–H groups in total. The number of hydrogen-bond acceptors (Lipinski definition) is 6. The van der Waals surface area contributed by atoms with Gasteiger partial charge in [0.25, 0.3) is 5.69 Å². The van der Waals surface area contributed by atoms with Crippen LogP contribution in [-0.4, -0.2) is 51.9 Å². The molecule has 0 atom stereocenters. The molecule has 186 valence electrons. The Morgan fingerprint density at radius 3 is 2.28 bits per heavy atom. The van der Waals surface area contributed by atoms with Gasteiger partial charge in [0.2, 0.25) is 5.91 Å². The third kappa shape index (κ3) is 5.08. The van der Waals surface area contributed by atoms with Gasteiger partial charge in [-0.2, -0.15) is 0 Å². The second kappa shape index (κ2) is 10.4. The minimum atomic E-state index is -0.384. The summed E-state index contributed by atoms with van der Waals surface area (Å²) in [5, 5.41) is 11.1. The van der Waals surface area contributed by atoms with E-state index >= 15 is 0 Å². The van der Waals surface area contributed by atoms with Crippen molar-refractivity contribution in [1.29, 1.82) is 0 Å². The van der Waals surface area contributed by atoms with Crippen molar-refractivity contribution in [2.45, 2.75) is 39.0 Å². The third-order valence-electron chi connectivity index (χ3n) is 7.35. The van der Waals surface area contributed by atoms with Crippen LogP contribution in [0.1, 0.15) is 42.5 Å². The summed E-state index contributed by atoms with van der Waals surface area (Å²) >= 11 is 0. The van der Waals surface area contributed by atoms with Gasteiger partial charge >= 0.3 is 0 Å². The fourth-order valence-corrected chi connectivity index (χ4v) is 5.28. The van der Waals surface area contributed by atoms with Crippen LogP contribution in [0.5, 0.6) is 0 Å². The maximum atomic E-state index is 13.0. The van der Waals surface area contributed by atoms with Crippen LogP contribution in [0, 0.1) is 23.0 Å². The fourth-order valence-electron chi connectivity index (χ4n) is 5.28. The number of nitrogens with zero attached hydrogens (tertiary/aromatic N) is 5. The van der Waals surface area contributed by atoms with Gasteiger partial charge in [-0.3, -0.25) is 14.9 Å². The average Bonchev–Trinajstić information content (AvgIpc) is 3.45. The van der Waals surface area contributed by atoms with E-state index in [1.807, 2.05) is 42.2 Å². The Labute approximate surface area is 211 Å². The molecule has 2 fully saturated rings. The van der Waals surface area contributed by atoms with Crippen molar-refractivity contribution in [3.63, 3.8) is 0 Å². The molecule has 0 spiro atoms. The number of benzene rings is 2. The minimum absolute atomic E-state index is 0.0782. The van der Waals surface area contributed by atoms with E-state index in [0.717, 1.165) is 67.0 Å². The van der Waals surface area contributed by atoms with Crippen molar-refractivity contribution in [3.05, 3.63) is 81.5 Å². The quantitative estimate of drug-likeness (QED) is 0.368. The number of non-ortho nitro benzene ring substituents is 1. The number of nitro benzene ring substituents is 1. The summed E-state index contributed by atoms with van der Waals surface area (Å²) in [5.41, 5.74) is 3.91. The lowest BCUT2D eigenvalue weighted by molar-refractivity contribution is -0.384. The molecule has 1 saturated carbocycles. The van der Waals surface area contributed by atoms with E-state index in [0.29, 0.717) is 31.2 Å². The first-order valence-electron chi connectivity index (χ1n) is 12.7. The van der Waals surface area contributed by atoms with Crippen LogP contribution < -0.4 is 4.90 Å². The smallest absolute Gasteiger partial charge is 0.269 e. The lowest BCUT2D eigenvalue weighted by Crippen LogP contribution is -2.50. The highest BCUT2D eigenvalue weighted by atomic mass is 16.6. The highest BCUT2D eigenvalue weighted by molar-refractivity contribution is 5.79. The fraction of sp³-hybridized carbons (Fsp3) is 0.393. The predicted molar refractivity (Wildman–Crippen MR) is 139 cm³/mol. The summed E-state index contributed by atoms with van der Waals surface area (Å²) in [4.78, 5) is 37.8. The standard InChI is InChI=1S/C28H31N5O3/c1-20-25(19-21-11-13-24(14-12-21)33(35)36)27(30-26(29-20)22-7-3-2-4-8-22)31-15-17-32(18-16-31)28(34)23-9-5-6-10-23/h2-4,7-8,11-14,23H,5-6,9-10,15-19H2,1H3. The Hall–Kier alpha value is -3.81. The second-order valence-electron chi connectivity index (χ2n) is 9.69. The molecule has 0 radical (unpaired) electrons. The number of hydrogen-bond donors (Lipinski definition) is 0. The molecule has 3 aromatic rings. The molecule has 1 aliphatic heterocycles. The van der Waals surface area contributed by atoms with E-state index in [1.54, 1.807) is 12.1 Å². The van der Waals surface area contributed by atoms with E-state index in [1.165, 1.54) is 12.1 Å². The lowest BCUT2D eigenvalue weighted by Gasteiger charge is -2.37. The SMILES string of the molecule is Cc1nc(-c2ccccc2)nc(N2CCN(C(=O)C3CCCC3)CC2)c1Cc1ccc([N+](=O)[O-])cc1. The number of aryl methyl sites for hydroxylation is 1. The maximum Gasteiger partial charge on any atom is 0.269 e. The molecule has 8 heteroatoms. The molecule has 8 nitrogen and oxygen atoms in total. The topological polar surface area (TPSA) is 92.5 Å². The molecule has 2 heterocycles. The first-order valence-corrected chi connectivity index (χ1v) is 12.7. The van der Waals surface area contributed by atoms with Crippen molar-refractivity contribution < 1.29 is 9.72 Å². The van der Waals surface area contributed by atoms with E-state index < -0.39 is 0 Å². The van der Waals surface area contributed by atoms with Gasteiger partial charge in [0.05, 0.1) is 4.92 Å². The zero-order chi connectivity index (χ0) is 25.1.